The van der Waals surface area contributed by atoms with Gasteiger partial charge in [-0.25, -0.2) is 0 Å². The number of benzene rings is 1. The molecule has 0 bridgehead atoms. The van der Waals surface area contributed by atoms with Gasteiger partial charge < -0.3 is 4.98 Å². The average molecular weight is 299 g/mol. The van der Waals surface area contributed by atoms with Gasteiger partial charge in [0.1, 0.15) is 0 Å². The van der Waals surface area contributed by atoms with E-state index in [9.17, 15) is 9.59 Å². The van der Waals surface area contributed by atoms with Crippen LogP contribution in [0, 0.1) is 5.92 Å². The minimum absolute atomic E-state index is 0.125. The molecule has 1 fully saturated rings. The van der Waals surface area contributed by atoms with Gasteiger partial charge in [0.15, 0.2) is 0 Å². The molecule has 3 rings (SSSR count). The monoisotopic (exact) mass is 299 g/mol. The molecule has 2 amide bonds. The molecule has 0 aliphatic heterocycles. The van der Waals surface area contributed by atoms with Gasteiger partial charge in [0.05, 0.1) is 5.56 Å². The van der Waals surface area contributed by atoms with E-state index in [1.54, 1.807) is 6.20 Å². The highest BCUT2D eigenvalue weighted by atomic mass is 16.2. The zero-order valence-corrected chi connectivity index (χ0v) is 12.5. The van der Waals surface area contributed by atoms with Crippen molar-refractivity contribution in [3.05, 3.63) is 36.0 Å². The lowest BCUT2D eigenvalue weighted by Crippen LogP contribution is -2.41. The first-order valence-electron chi connectivity index (χ1n) is 7.89. The van der Waals surface area contributed by atoms with Gasteiger partial charge in [-0.05, 0) is 18.4 Å². The zero-order chi connectivity index (χ0) is 15.4. The van der Waals surface area contributed by atoms with Gasteiger partial charge >= 0.3 is 0 Å². The van der Waals surface area contributed by atoms with E-state index in [1.165, 1.54) is 25.7 Å². The smallest absolute Gasteiger partial charge is 0.271 e. The minimum atomic E-state index is -0.299. The number of aromatic nitrogens is 1. The van der Waals surface area contributed by atoms with Crippen LogP contribution in [0.1, 0.15) is 48.9 Å². The molecule has 5 heteroatoms. The van der Waals surface area contributed by atoms with Gasteiger partial charge in [-0.2, -0.15) is 0 Å². The highest BCUT2D eigenvalue weighted by molar-refractivity contribution is 6.07. The molecule has 1 aromatic heterocycles. The number of amides is 2. The Labute approximate surface area is 129 Å². The van der Waals surface area contributed by atoms with Crippen molar-refractivity contribution in [1.29, 1.82) is 0 Å². The lowest BCUT2D eigenvalue weighted by Gasteiger charge is -2.09. The Balaban J connectivity index is 1.50. The summed E-state index contributed by atoms with van der Waals surface area (Å²) in [7, 11) is 0. The quantitative estimate of drug-likeness (QED) is 0.759. The molecule has 0 unspecified atom stereocenters. The van der Waals surface area contributed by atoms with Gasteiger partial charge in [0.25, 0.3) is 5.91 Å². The van der Waals surface area contributed by atoms with Crippen LogP contribution in [-0.2, 0) is 4.79 Å². The summed E-state index contributed by atoms with van der Waals surface area (Å²) in [4.78, 5) is 27.0. The summed E-state index contributed by atoms with van der Waals surface area (Å²) in [5.41, 5.74) is 6.44. The lowest BCUT2D eigenvalue weighted by atomic mass is 10.0. The molecular weight excluding hydrogens is 278 g/mol. The molecule has 116 valence electrons. The molecule has 5 nitrogen and oxygen atoms in total. The SMILES string of the molecule is O=C(CCC1CCCC1)NNC(=O)c1c[nH]c2ccccc12. The van der Waals surface area contributed by atoms with Crippen LogP contribution in [0.3, 0.4) is 0 Å². The number of nitrogens with one attached hydrogen (secondary N) is 3. The molecule has 1 heterocycles. The molecule has 1 aliphatic carbocycles. The fraction of sp³-hybridized carbons (Fsp3) is 0.412. The van der Waals surface area contributed by atoms with Gasteiger partial charge in [-0.3, -0.25) is 20.4 Å². The number of carbonyl (C=O) groups excluding carboxylic acids is 2. The summed E-state index contributed by atoms with van der Waals surface area (Å²) >= 11 is 0. The predicted octanol–water partition coefficient (Wildman–Crippen LogP) is 2.90. The fourth-order valence-electron chi connectivity index (χ4n) is 3.15. The van der Waals surface area contributed by atoms with Crippen molar-refractivity contribution in [2.24, 2.45) is 5.92 Å². The topological polar surface area (TPSA) is 74.0 Å². The van der Waals surface area contributed by atoms with Crippen LogP contribution in [0.5, 0.6) is 0 Å². The molecule has 1 aliphatic rings. The van der Waals surface area contributed by atoms with E-state index in [2.05, 4.69) is 15.8 Å². The van der Waals surface area contributed by atoms with Crippen molar-refractivity contribution in [3.63, 3.8) is 0 Å². The maximum Gasteiger partial charge on any atom is 0.271 e. The van der Waals surface area contributed by atoms with E-state index in [4.69, 9.17) is 0 Å². The van der Waals surface area contributed by atoms with Gasteiger partial charge in [-0.15, -0.1) is 0 Å². The van der Waals surface area contributed by atoms with E-state index >= 15 is 0 Å². The van der Waals surface area contributed by atoms with Crippen LogP contribution < -0.4 is 10.9 Å². The summed E-state index contributed by atoms with van der Waals surface area (Å²) in [5, 5.41) is 0.847. The largest absolute Gasteiger partial charge is 0.360 e. The Morgan fingerprint density at radius 1 is 1.14 bits per heavy atom. The normalized spacial score (nSPS) is 15.1. The number of hydrazine groups is 1. The molecule has 1 saturated carbocycles. The Morgan fingerprint density at radius 2 is 1.91 bits per heavy atom. The first-order valence-corrected chi connectivity index (χ1v) is 7.89. The van der Waals surface area contributed by atoms with Crippen LogP contribution in [0.4, 0.5) is 0 Å². The number of H-pyrrole nitrogens is 1. The number of fused-ring (bicyclic) bond motifs is 1. The molecule has 0 atom stereocenters. The molecule has 0 spiro atoms. The molecule has 2 aromatic rings. The third-order valence-corrected chi connectivity index (χ3v) is 4.40. The van der Waals surface area contributed by atoms with Crippen LogP contribution in [0.15, 0.2) is 30.5 Å². The second kappa shape index (κ2) is 6.64. The van der Waals surface area contributed by atoms with Crippen molar-refractivity contribution in [2.75, 3.05) is 0 Å². The van der Waals surface area contributed by atoms with Gasteiger partial charge in [-0.1, -0.05) is 43.9 Å². The number of hydrogen-bond acceptors (Lipinski definition) is 2. The van der Waals surface area contributed by atoms with E-state index in [1.807, 2.05) is 24.3 Å². The van der Waals surface area contributed by atoms with Crippen LogP contribution in [-0.4, -0.2) is 16.8 Å². The average Bonchev–Trinajstić information content (AvgIpc) is 3.19. The molecule has 0 radical (unpaired) electrons. The lowest BCUT2D eigenvalue weighted by molar-refractivity contribution is -0.122. The first kappa shape index (κ1) is 14.6. The van der Waals surface area contributed by atoms with E-state index in [0.717, 1.165) is 17.3 Å². The second-order valence-corrected chi connectivity index (χ2v) is 5.94. The molecule has 22 heavy (non-hydrogen) atoms. The Hall–Kier alpha value is -2.30. The van der Waals surface area contributed by atoms with Crippen LogP contribution in [0.25, 0.3) is 10.9 Å². The number of hydrogen-bond donors (Lipinski definition) is 3. The first-order chi connectivity index (χ1) is 10.7. The number of para-hydroxylation sites is 1. The van der Waals surface area contributed by atoms with Crippen LogP contribution >= 0.6 is 0 Å². The Bertz CT molecular complexity index is 671. The summed E-state index contributed by atoms with van der Waals surface area (Å²) in [6.07, 6.45) is 8.06. The fourth-order valence-corrected chi connectivity index (χ4v) is 3.15. The van der Waals surface area contributed by atoms with E-state index < -0.39 is 0 Å². The summed E-state index contributed by atoms with van der Waals surface area (Å²) in [5.74, 6) is 0.252. The highest BCUT2D eigenvalue weighted by Crippen LogP contribution is 2.28. The number of carbonyl (C=O) groups is 2. The Kier molecular flexibility index (Phi) is 4.42. The van der Waals surface area contributed by atoms with Gasteiger partial charge in [0.2, 0.25) is 5.91 Å². The number of aromatic amines is 1. The number of rotatable bonds is 4. The van der Waals surface area contributed by atoms with E-state index in [0.29, 0.717) is 17.9 Å². The highest BCUT2D eigenvalue weighted by Gasteiger charge is 2.17. The van der Waals surface area contributed by atoms with Crippen molar-refractivity contribution in [3.8, 4) is 0 Å². The standard InChI is InChI=1S/C17H21N3O2/c21-16(10-9-12-5-1-2-6-12)19-20-17(22)14-11-18-15-8-4-3-7-13(14)15/h3-4,7-8,11-12,18H,1-2,5-6,9-10H2,(H,19,21)(H,20,22). The molecule has 1 aromatic carbocycles. The second-order valence-electron chi connectivity index (χ2n) is 5.94. The van der Waals surface area contributed by atoms with Crippen molar-refractivity contribution in [1.82, 2.24) is 15.8 Å². The molecule has 0 saturated heterocycles. The van der Waals surface area contributed by atoms with Gasteiger partial charge in [0, 0.05) is 23.5 Å². The van der Waals surface area contributed by atoms with Crippen LogP contribution in [0.2, 0.25) is 0 Å². The van der Waals surface area contributed by atoms with Crippen molar-refractivity contribution in [2.45, 2.75) is 38.5 Å². The summed E-state index contributed by atoms with van der Waals surface area (Å²) in [6, 6.07) is 7.58. The summed E-state index contributed by atoms with van der Waals surface area (Å²) < 4.78 is 0. The predicted molar refractivity (Wildman–Crippen MR) is 85.1 cm³/mol. The maximum absolute atomic E-state index is 12.1. The molecule has 3 N–H and O–H groups in total. The van der Waals surface area contributed by atoms with E-state index in [-0.39, 0.29) is 11.8 Å². The van der Waals surface area contributed by atoms with Crippen molar-refractivity contribution < 1.29 is 9.59 Å². The van der Waals surface area contributed by atoms with Crippen molar-refractivity contribution >= 4 is 22.7 Å². The zero-order valence-electron chi connectivity index (χ0n) is 12.5. The third-order valence-electron chi connectivity index (χ3n) is 4.40. The minimum Gasteiger partial charge on any atom is -0.360 e. The summed E-state index contributed by atoms with van der Waals surface area (Å²) in [6.45, 7) is 0. The Morgan fingerprint density at radius 3 is 2.73 bits per heavy atom. The molecular formula is C17H21N3O2. The maximum atomic E-state index is 12.1. The third kappa shape index (κ3) is 3.30.